The van der Waals surface area contributed by atoms with Gasteiger partial charge >= 0.3 is 0 Å². The molecule has 160 valence electrons. The Bertz CT molecular complexity index is 1240. The van der Waals surface area contributed by atoms with Crippen molar-refractivity contribution < 1.29 is 13.5 Å². The van der Waals surface area contributed by atoms with Gasteiger partial charge in [0.05, 0.1) is 15.1 Å². The van der Waals surface area contributed by atoms with Gasteiger partial charge in [-0.05, 0) is 54.7 Å². The van der Waals surface area contributed by atoms with Crippen molar-refractivity contribution in [1.82, 2.24) is 9.29 Å². The summed E-state index contributed by atoms with van der Waals surface area (Å²) in [4.78, 5) is 4.62. The molecule has 0 radical (unpaired) electrons. The van der Waals surface area contributed by atoms with E-state index in [4.69, 9.17) is 0 Å². The van der Waals surface area contributed by atoms with E-state index in [1.54, 1.807) is 4.31 Å². The minimum atomic E-state index is -3.61. The predicted octanol–water partition coefficient (Wildman–Crippen LogP) is 4.91. The number of aliphatic hydroxyl groups is 1. The number of allylic oxidation sites excluding steroid dienone is 1. The van der Waals surface area contributed by atoms with Crippen LogP contribution >= 0.6 is 11.3 Å². The molecule has 8 heteroatoms. The second kappa shape index (κ2) is 8.42. The lowest BCUT2D eigenvalue weighted by atomic mass is 9.94. The number of nitriles is 1. The van der Waals surface area contributed by atoms with Crippen LogP contribution in [0.25, 0.3) is 21.5 Å². The summed E-state index contributed by atoms with van der Waals surface area (Å²) >= 11 is 1.33. The molecule has 4 rings (SSSR count). The third-order valence-corrected chi connectivity index (χ3v) is 8.36. The van der Waals surface area contributed by atoms with Crippen LogP contribution in [0.2, 0.25) is 0 Å². The van der Waals surface area contributed by atoms with Crippen LogP contribution in [0.1, 0.15) is 30.8 Å². The van der Waals surface area contributed by atoms with Gasteiger partial charge in [0, 0.05) is 18.7 Å². The molecule has 0 amide bonds. The van der Waals surface area contributed by atoms with Gasteiger partial charge in [-0.15, -0.1) is 11.3 Å². The molecule has 1 saturated heterocycles. The molecule has 0 spiro atoms. The second-order valence-electron chi connectivity index (χ2n) is 8.11. The third-order valence-electron chi connectivity index (χ3n) is 5.46. The van der Waals surface area contributed by atoms with Crippen LogP contribution < -0.4 is 0 Å². The Morgan fingerprint density at radius 1 is 1.13 bits per heavy atom. The van der Waals surface area contributed by atoms with E-state index < -0.39 is 10.0 Å². The van der Waals surface area contributed by atoms with Crippen molar-refractivity contribution in [2.75, 3.05) is 13.1 Å². The van der Waals surface area contributed by atoms with E-state index in [1.807, 2.05) is 30.3 Å². The fourth-order valence-electron chi connectivity index (χ4n) is 4.06. The normalized spacial score (nSPS) is 20.9. The molecule has 0 bridgehead atoms. The van der Waals surface area contributed by atoms with Crippen molar-refractivity contribution in [1.29, 1.82) is 5.26 Å². The molecule has 1 aliphatic rings. The van der Waals surface area contributed by atoms with E-state index in [-0.39, 0.29) is 16.2 Å². The summed E-state index contributed by atoms with van der Waals surface area (Å²) in [6.45, 7) is 5.15. The van der Waals surface area contributed by atoms with Crippen LogP contribution in [0.5, 0.6) is 0 Å². The van der Waals surface area contributed by atoms with Gasteiger partial charge in [0.1, 0.15) is 22.4 Å². The minimum absolute atomic E-state index is 0.0653. The lowest BCUT2D eigenvalue weighted by Crippen LogP contribution is -2.42. The molecule has 3 aromatic rings. The van der Waals surface area contributed by atoms with Crippen molar-refractivity contribution in [2.45, 2.75) is 25.2 Å². The monoisotopic (exact) mass is 453 g/mol. The average molecular weight is 454 g/mol. The number of aromatic nitrogens is 1. The quantitative estimate of drug-likeness (QED) is 0.447. The zero-order valence-electron chi connectivity index (χ0n) is 17.3. The maximum Gasteiger partial charge on any atom is 0.243 e. The maximum atomic E-state index is 13.1. The highest BCUT2D eigenvalue weighted by molar-refractivity contribution is 7.89. The van der Waals surface area contributed by atoms with Gasteiger partial charge in [0.25, 0.3) is 0 Å². The van der Waals surface area contributed by atoms with Crippen LogP contribution in [0.15, 0.2) is 53.4 Å². The zero-order valence-corrected chi connectivity index (χ0v) is 18.9. The predicted molar refractivity (Wildman–Crippen MR) is 123 cm³/mol. The number of benzene rings is 2. The number of rotatable bonds is 4. The van der Waals surface area contributed by atoms with Crippen molar-refractivity contribution >= 4 is 42.9 Å². The average Bonchev–Trinajstić information content (AvgIpc) is 3.17. The van der Waals surface area contributed by atoms with Crippen LogP contribution in [0.4, 0.5) is 0 Å². The molecule has 1 aliphatic heterocycles. The Hall–Kier alpha value is -2.73. The number of aliphatic hydroxyl groups excluding tert-OH is 1. The first-order valence-electron chi connectivity index (χ1n) is 10.1. The van der Waals surface area contributed by atoms with E-state index >= 15 is 0 Å². The summed E-state index contributed by atoms with van der Waals surface area (Å²) in [5, 5.41) is 20.8. The highest BCUT2D eigenvalue weighted by Gasteiger charge is 2.31. The Labute approximate surface area is 186 Å². The topological polar surface area (TPSA) is 94.3 Å². The number of fused-ring (bicyclic) bond motifs is 1. The van der Waals surface area contributed by atoms with Gasteiger partial charge in [-0.2, -0.15) is 9.57 Å². The van der Waals surface area contributed by atoms with Gasteiger partial charge in [-0.1, -0.05) is 26.0 Å². The highest BCUT2D eigenvalue weighted by Crippen LogP contribution is 2.32. The number of piperidine rings is 1. The largest absolute Gasteiger partial charge is 0.506 e. The number of thiazole rings is 1. The lowest BCUT2D eigenvalue weighted by Gasteiger charge is -2.34. The van der Waals surface area contributed by atoms with Crippen LogP contribution in [-0.4, -0.2) is 35.9 Å². The first kappa shape index (κ1) is 21.5. The van der Waals surface area contributed by atoms with E-state index in [1.165, 1.54) is 35.6 Å². The summed E-state index contributed by atoms with van der Waals surface area (Å²) in [5.41, 5.74) is 1.19. The Morgan fingerprint density at radius 3 is 2.39 bits per heavy atom. The van der Waals surface area contributed by atoms with Gasteiger partial charge in [-0.25, -0.2) is 13.4 Å². The van der Waals surface area contributed by atoms with Crippen molar-refractivity contribution in [2.24, 2.45) is 11.8 Å². The highest BCUT2D eigenvalue weighted by atomic mass is 32.2. The molecule has 6 nitrogen and oxygen atoms in total. The summed E-state index contributed by atoms with van der Waals surface area (Å²) in [6.07, 6.45) is 1.02. The van der Waals surface area contributed by atoms with Crippen LogP contribution in [-0.2, 0) is 10.0 Å². The van der Waals surface area contributed by atoms with E-state index in [9.17, 15) is 18.8 Å². The Morgan fingerprint density at radius 2 is 1.77 bits per heavy atom. The van der Waals surface area contributed by atoms with Crippen molar-refractivity contribution in [3.63, 3.8) is 0 Å². The summed E-state index contributed by atoms with van der Waals surface area (Å²) in [6, 6.07) is 15.6. The molecule has 1 aromatic heterocycles. The standard InChI is InChI=1S/C23H23N3O3S2/c1-15-11-16(2)14-26(13-15)31(28,29)18-9-7-17(8-10-18)22(27)19(12-24)23-25-20-5-3-4-6-21(20)30-23/h3-10,15-16,27H,11,13-14H2,1-2H3/b22-19-. The van der Waals surface area contributed by atoms with Crippen molar-refractivity contribution in [3.05, 3.63) is 59.1 Å². The summed E-state index contributed by atoms with van der Waals surface area (Å²) in [7, 11) is -3.61. The lowest BCUT2D eigenvalue weighted by molar-refractivity contribution is 0.222. The van der Waals surface area contributed by atoms with Crippen molar-refractivity contribution in [3.8, 4) is 6.07 Å². The summed E-state index contributed by atoms with van der Waals surface area (Å²) < 4.78 is 28.6. The number of sulfonamides is 1. The molecule has 2 heterocycles. The van der Waals surface area contributed by atoms with Gasteiger partial charge in [-0.3, -0.25) is 0 Å². The SMILES string of the molecule is CC1CC(C)CN(S(=O)(=O)c2ccc(/C(O)=C(\C#N)c3nc4ccccc4s3)cc2)C1. The molecule has 2 atom stereocenters. The third kappa shape index (κ3) is 4.22. The molecule has 2 aromatic carbocycles. The molecular weight excluding hydrogens is 430 g/mol. The first-order chi connectivity index (χ1) is 14.8. The Kier molecular flexibility index (Phi) is 5.84. The van der Waals surface area contributed by atoms with Crippen LogP contribution in [0, 0.1) is 23.2 Å². The first-order valence-corrected chi connectivity index (χ1v) is 12.3. The second-order valence-corrected chi connectivity index (χ2v) is 11.1. The molecule has 31 heavy (non-hydrogen) atoms. The van der Waals surface area contributed by atoms with Gasteiger partial charge < -0.3 is 5.11 Å². The minimum Gasteiger partial charge on any atom is -0.506 e. The van der Waals surface area contributed by atoms with Crippen LogP contribution in [0.3, 0.4) is 0 Å². The fraction of sp³-hybridized carbons (Fsp3) is 0.304. The maximum absolute atomic E-state index is 13.1. The molecule has 2 unspecified atom stereocenters. The van der Waals surface area contributed by atoms with Gasteiger partial charge in [0.15, 0.2) is 0 Å². The number of hydrogen-bond acceptors (Lipinski definition) is 6. The smallest absolute Gasteiger partial charge is 0.243 e. The van der Waals surface area contributed by atoms with E-state index in [2.05, 4.69) is 18.8 Å². The summed E-state index contributed by atoms with van der Waals surface area (Å²) in [5.74, 6) is 0.416. The van der Waals surface area contributed by atoms with Gasteiger partial charge in [0.2, 0.25) is 10.0 Å². The number of para-hydroxylation sites is 1. The number of nitrogens with zero attached hydrogens (tertiary/aromatic N) is 3. The van der Waals surface area contributed by atoms with E-state index in [0.717, 1.165) is 16.6 Å². The zero-order chi connectivity index (χ0) is 22.2. The molecule has 1 N–H and O–H groups in total. The molecule has 1 fully saturated rings. The van der Waals surface area contributed by atoms with E-state index in [0.29, 0.717) is 35.5 Å². The fourth-order valence-corrected chi connectivity index (χ4v) is 6.70. The Balaban J connectivity index is 1.65. The molecular formula is C23H23N3O3S2. The number of hydrogen-bond donors (Lipinski definition) is 1. The molecule has 0 aliphatic carbocycles. The molecule has 0 saturated carbocycles.